The molecule has 152 valence electrons. The van der Waals surface area contributed by atoms with E-state index < -0.39 is 0 Å². The summed E-state index contributed by atoms with van der Waals surface area (Å²) in [5.41, 5.74) is 2.58. The smallest absolute Gasteiger partial charge is 0.272 e. The molecular weight excluding hydrogens is 354 g/mol. The van der Waals surface area contributed by atoms with Crippen LogP contribution in [0.2, 0.25) is 0 Å². The van der Waals surface area contributed by atoms with Crippen LogP contribution in [0.1, 0.15) is 61.8 Å². The van der Waals surface area contributed by atoms with Gasteiger partial charge < -0.3 is 9.80 Å². The monoisotopic (exact) mass is 385 g/mol. The molecule has 7 heteroatoms. The Hall–Kier alpha value is -2.36. The van der Waals surface area contributed by atoms with Crippen molar-refractivity contribution in [3.05, 3.63) is 17.0 Å². The van der Waals surface area contributed by atoms with E-state index in [-0.39, 0.29) is 29.2 Å². The summed E-state index contributed by atoms with van der Waals surface area (Å²) < 4.78 is 1.89. The molecule has 0 unspecified atom stereocenters. The fourth-order valence-electron chi connectivity index (χ4n) is 3.84. The first kappa shape index (κ1) is 20.4. The highest BCUT2D eigenvalue weighted by molar-refractivity contribution is 5.94. The van der Waals surface area contributed by atoms with Gasteiger partial charge in [-0.1, -0.05) is 0 Å². The summed E-state index contributed by atoms with van der Waals surface area (Å²) in [5.74, 6) is -0.329. The summed E-state index contributed by atoms with van der Waals surface area (Å²) in [7, 11) is 3.53. The number of nitriles is 1. The van der Waals surface area contributed by atoms with Crippen molar-refractivity contribution >= 4 is 11.8 Å². The lowest BCUT2D eigenvalue weighted by atomic mass is 9.95. The van der Waals surface area contributed by atoms with Crippen LogP contribution in [-0.2, 0) is 23.2 Å². The van der Waals surface area contributed by atoms with Crippen molar-refractivity contribution in [1.82, 2.24) is 19.6 Å². The van der Waals surface area contributed by atoms with E-state index in [9.17, 15) is 9.59 Å². The third-order valence-corrected chi connectivity index (χ3v) is 5.76. The number of rotatable bonds is 5. The van der Waals surface area contributed by atoms with Gasteiger partial charge in [0.15, 0.2) is 0 Å². The molecule has 28 heavy (non-hydrogen) atoms. The van der Waals surface area contributed by atoms with E-state index in [1.165, 1.54) is 0 Å². The van der Waals surface area contributed by atoms with Gasteiger partial charge in [0.2, 0.25) is 5.91 Å². The predicted molar refractivity (Wildman–Crippen MR) is 106 cm³/mol. The lowest BCUT2D eigenvalue weighted by Gasteiger charge is -2.26. The van der Waals surface area contributed by atoms with E-state index in [4.69, 9.17) is 10.4 Å². The lowest BCUT2D eigenvalue weighted by Crippen LogP contribution is -2.40. The standard InChI is InChI=1S/C21H31N5O2/c1-21(2,3)26-18(15-8-6-7-9-17(15)23-26)20(28)25(5)11-10-24(4)19(27)16-12-14(16)13-22/h14,16H,6-12H2,1-5H3/t14-,16-/m1/s1. The van der Waals surface area contributed by atoms with Crippen molar-refractivity contribution in [3.8, 4) is 6.07 Å². The number of carbonyl (C=O) groups is 2. The number of likely N-dealkylation sites (N-methyl/N-ethyl adjacent to an activating group) is 2. The maximum atomic E-state index is 13.3. The van der Waals surface area contributed by atoms with Crippen molar-refractivity contribution < 1.29 is 9.59 Å². The van der Waals surface area contributed by atoms with Gasteiger partial charge in [-0.05, 0) is 52.9 Å². The maximum Gasteiger partial charge on any atom is 0.272 e. The zero-order valence-electron chi connectivity index (χ0n) is 17.7. The summed E-state index contributed by atoms with van der Waals surface area (Å²) in [5, 5.41) is 13.7. The lowest BCUT2D eigenvalue weighted by molar-refractivity contribution is -0.131. The second-order valence-electron chi connectivity index (χ2n) is 9.13. The molecule has 0 N–H and O–H groups in total. The largest absolute Gasteiger partial charge is 0.344 e. The Labute approximate surface area is 167 Å². The third-order valence-electron chi connectivity index (χ3n) is 5.76. The summed E-state index contributed by atoms with van der Waals surface area (Å²) in [6, 6.07) is 2.15. The fourth-order valence-corrected chi connectivity index (χ4v) is 3.84. The maximum absolute atomic E-state index is 13.3. The molecule has 0 bridgehead atoms. The minimum Gasteiger partial charge on any atom is -0.344 e. The molecule has 3 rings (SSSR count). The quantitative estimate of drug-likeness (QED) is 0.778. The van der Waals surface area contributed by atoms with Crippen LogP contribution in [0.5, 0.6) is 0 Å². The van der Waals surface area contributed by atoms with E-state index in [2.05, 4.69) is 26.8 Å². The molecule has 1 fully saturated rings. The van der Waals surface area contributed by atoms with Crippen molar-refractivity contribution in [2.45, 2.75) is 58.4 Å². The molecule has 0 aliphatic heterocycles. The Morgan fingerprint density at radius 3 is 2.43 bits per heavy atom. The number of carbonyl (C=O) groups excluding carboxylic acids is 2. The topological polar surface area (TPSA) is 82.2 Å². The zero-order valence-corrected chi connectivity index (χ0v) is 17.7. The molecule has 0 saturated heterocycles. The molecule has 1 heterocycles. The number of aromatic nitrogens is 2. The molecule has 2 amide bonds. The van der Waals surface area contributed by atoms with Crippen LogP contribution in [0.3, 0.4) is 0 Å². The zero-order chi connectivity index (χ0) is 20.6. The summed E-state index contributed by atoms with van der Waals surface area (Å²) in [4.78, 5) is 28.9. The molecule has 0 spiro atoms. The number of hydrogen-bond donors (Lipinski definition) is 0. The first-order valence-electron chi connectivity index (χ1n) is 10.2. The Morgan fingerprint density at radius 1 is 1.18 bits per heavy atom. The number of amides is 2. The third kappa shape index (κ3) is 3.91. The van der Waals surface area contributed by atoms with Crippen LogP contribution in [0.15, 0.2) is 0 Å². The van der Waals surface area contributed by atoms with Gasteiger partial charge in [0, 0.05) is 32.7 Å². The first-order chi connectivity index (χ1) is 13.1. The van der Waals surface area contributed by atoms with E-state index in [1.54, 1.807) is 23.9 Å². The Morgan fingerprint density at radius 2 is 1.82 bits per heavy atom. The minimum atomic E-state index is -0.270. The van der Waals surface area contributed by atoms with Crippen molar-refractivity contribution in [3.63, 3.8) is 0 Å². The van der Waals surface area contributed by atoms with E-state index in [0.717, 1.165) is 36.9 Å². The average Bonchev–Trinajstić information content (AvgIpc) is 3.34. The normalized spacial score (nSPS) is 20.9. The van der Waals surface area contributed by atoms with Crippen molar-refractivity contribution in [2.24, 2.45) is 11.8 Å². The van der Waals surface area contributed by atoms with Gasteiger partial charge in [-0.2, -0.15) is 10.4 Å². The number of aryl methyl sites for hydroxylation is 1. The van der Waals surface area contributed by atoms with Crippen molar-refractivity contribution in [2.75, 3.05) is 27.2 Å². The molecule has 7 nitrogen and oxygen atoms in total. The van der Waals surface area contributed by atoms with Crippen LogP contribution in [0.4, 0.5) is 0 Å². The van der Waals surface area contributed by atoms with Crippen LogP contribution >= 0.6 is 0 Å². The molecule has 2 aliphatic rings. The van der Waals surface area contributed by atoms with Gasteiger partial charge in [-0.15, -0.1) is 0 Å². The molecule has 0 radical (unpaired) electrons. The highest BCUT2D eigenvalue weighted by atomic mass is 16.2. The van der Waals surface area contributed by atoms with Gasteiger partial charge in [-0.3, -0.25) is 14.3 Å². The number of fused-ring (bicyclic) bond motifs is 1. The van der Waals surface area contributed by atoms with E-state index in [1.807, 2.05) is 4.68 Å². The molecule has 2 atom stereocenters. The molecule has 2 aliphatic carbocycles. The van der Waals surface area contributed by atoms with Gasteiger partial charge in [0.25, 0.3) is 5.91 Å². The molecule has 1 aromatic rings. The van der Waals surface area contributed by atoms with Gasteiger partial charge in [0.05, 0.1) is 29.1 Å². The highest BCUT2D eigenvalue weighted by Gasteiger charge is 2.44. The first-order valence-corrected chi connectivity index (χ1v) is 10.2. The Bertz CT molecular complexity index is 814. The highest BCUT2D eigenvalue weighted by Crippen LogP contribution is 2.38. The van der Waals surface area contributed by atoms with E-state index in [0.29, 0.717) is 25.2 Å². The second kappa shape index (κ2) is 7.57. The summed E-state index contributed by atoms with van der Waals surface area (Å²) in [6.45, 7) is 7.11. The second-order valence-corrected chi connectivity index (χ2v) is 9.13. The van der Waals surface area contributed by atoms with Gasteiger partial charge in [0.1, 0.15) is 5.69 Å². The Kier molecular flexibility index (Phi) is 5.51. The van der Waals surface area contributed by atoms with E-state index >= 15 is 0 Å². The summed E-state index contributed by atoms with van der Waals surface area (Å²) >= 11 is 0. The van der Waals surface area contributed by atoms with Crippen LogP contribution < -0.4 is 0 Å². The minimum absolute atomic E-state index is 0.00418. The Balaban J connectivity index is 1.70. The fraction of sp³-hybridized carbons (Fsp3) is 0.714. The molecular formula is C21H31N5O2. The molecule has 1 saturated carbocycles. The van der Waals surface area contributed by atoms with Gasteiger partial charge >= 0.3 is 0 Å². The predicted octanol–water partition coefficient (Wildman–Crippen LogP) is 2.21. The summed E-state index contributed by atoms with van der Waals surface area (Å²) in [6.07, 6.45) is 4.70. The van der Waals surface area contributed by atoms with Crippen LogP contribution in [0, 0.1) is 23.2 Å². The van der Waals surface area contributed by atoms with Crippen molar-refractivity contribution in [1.29, 1.82) is 5.26 Å². The van der Waals surface area contributed by atoms with Gasteiger partial charge in [-0.25, -0.2) is 0 Å². The number of nitrogens with zero attached hydrogens (tertiary/aromatic N) is 5. The molecule has 0 aromatic carbocycles. The number of hydrogen-bond acceptors (Lipinski definition) is 4. The SMILES string of the molecule is CN(CCN(C)C(=O)[C@@H]1C[C@@H]1C#N)C(=O)c1c2c(nn1C(C)(C)C)CCCC2. The van der Waals surface area contributed by atoms with Crippen LogP contribution in [0.25, 0.3) is 0 Å². The van der Waals surface area contributed by atoms with Crippen LogP contribution in [-0.4, -0.2) is 58.6 Å². The average molecular weight is 386 g/mol. The molecule has 1 aromatic heterocycles.